The predicted octanol–water partition coefficient (Wildman–Crippen LogP) is 2.76. The van der Waals surface area contributed by atoms with Crippen LogP contribution in [0.4, 0.5) is 22.0 Å². The van der Waals surface area contributed by atoms with Gasteiger partial charge in [-0.3, -0.25) is 0 Å². The van der Waals surface area contributed by atoms with Crippen molar-refractivity contribution < 1.29 is 4.39 Å². The maximum Gasteiger partial charge on any atom is 0.233 e. The Balaban J connectivity index is 2.37. The van der Waals surface area contributed by atoms with E-state index in [1.165, 1.54) is 6.07 Å². The molecule has 0 spiro atoms. The molecule has 0 saturated carbocycles. The standard InChI is InChI=1S/C11H11ClFN5/c1-6-4-3-5-7(13)8(6)15-11-17-9(12)16-10(14-2)18-11/h3-5H,1-2H3,(H2,14,15,16,17,18). The third-order valence-electron chi connectivity index (χ3n) is 2.29. The van der Waals surface area contributed by atoms with Crippen molar-refractivity contribution in [1.29, 1.82) is 0 Å². The smallest absolute Gasteiger partial charge is 0.233 e. The molecule has 2 N–H and O–H groups in total. The van der Waals surface area contributed by atoms with Gasteiger partial charge < -0.3 is 10.6 Å². The number of hydrogen-bond donors (Lipinski definition) is 2. The first-order valence-electron chi connectivity index (χ1n) is 5.21. The molecule has 18 heavy (non-hydrogen) atoms. The van der Waals surface area contributed by atoms with Crippen LogP contribution in [0.5, 0.6) is 0 Å². The summed E-state index contributed by atoms with van der Waals surface area (Å²) in [7, 11) is 1.66. The van der Waals surface area contributed by atoms with Crippen LogP contribution in [0.25, 0.3) is 0 Å². The van der Waals surface area contributed by atoms with Gasteiger partial charge in [0.2, 0.25) is 17.2 Å². The summed E-state index contributed by atoms with van der Waals surface area (Å²) in [6, 6.07) is 4.78. The maximum atomic E-state index is 13.6. The lowest BCUT2D eigenvalue weighted by Crippen LogP contribution is -2.05. The molecule has 0 radical (unpaired) electrons. The highest BCUT2D eigenvalue weighted by atomic mass is 35.5. The summed E-state index contributed by atoms with van der Waals surface area (Å²) in [4.78, 5) is 11.8. The van der Waals surface area contributed by atoms with Crippen LogP contribution in [-0.2, 0) is 0 Å². The average Bonchev–Trinajstić information content (AvgIpc) is 2.33. The van der Waals surface area contributed by atoms with Gasteiger partial charge in [-0.05, 0) is 30.2 Å². The monoisotopic (exact) mass is 267 g/mol. The van der Waals surface area contributed by atoms with Crippen molar-refractivity contribution in [2.24, 2.45) is 0 Å². The van der Waals surface area contributed by atoms with Crippen LogP contribution < -0.4 is 10.6 Å². The summed E-state index contributed by atoms with van der Waals surface area (Å²) >= 11 is 5.74. The van der Waals surface area contributed by atoms with Crippen LogP contribution in [0.3, 0.4) is 0 Å². The molecule has 2 aromatic rings. The fourth-order valence-corrected chi connectivity index (χ4v) is 1.58. The van der Waals surface area contributed by atoms with Crippen LogP contribution >= 0.6 is 11.6 Å². The van der Waals surface area contributed by atoms with E-state index in [9.17, 15) is 4.39 Å². The zero-order valence-electron chi connectivity index (χ0n) is 9.83. The Bertz CT molecular complexity index is 555. The molecule has 0 amide bonds. The number of aromatic nitrogens is 3. The number of para-hydroxylation sites is 1. The van der Waals surface area contributed by atoms with Crippen molar-refractivity contribution >= 4 is 29.2 Å². The number of halogens is 2. The third-order valence-corrected chi connectivity index (χ3v) is 2.46. The van der Waals surface area contributed by atoms with Gasteiger partial charge in [0.25, 0.3) is 0 Å². The van der Waals surface area contributed by atoms with Crippen LogP contribution in [0, 0.1) is 12.7 Å². The fourth-order valence-electron chi connectivity index (χ4n) is 1.42. The van der Waals surface area contributed by atoms with Gasteiger partial charge >= 0.3 is 0 Å². The van der Waals surface area contributed by atoms with Crippen molar-refractivity contribution in [3.63, 3.8) is 0 Å². The lowest BCUT2D eigenvalue weighted by molar-refractivity contribution is 0.630. The molecule has 2 rings (SSSR count). The van der Waals surface area contributed by atoms with E-state index in [1.54, 1.807) is 26.1 Å². The Kier molecular flexibility index (Phi) is 3.57. The normalized spacial score (nSPS) is 10.2. The minimum absolute atomic E-state index is 0.0332. The Labute approximate surface area is 108 Å². The zero-order chi connectivity index (χ0) is 13.1. The summed E-state index contributed by atoms with van der Waals surface area (Å²) in [6.45, 7) is 1.78. The first-order valence-corrected chi connectivity index (χ1v) is 5.59. The number of hydrogen-bond acceptors (Lipinski definition) is 5. The van der Waals surface area contributed by atoms with Gasteiger partial charge in [0, 0.05) is 7.05 Å². The Morgan fingerprint density at radius 3 is 2.56 bits per heavy atom. The molecule has 5 nitrogen and oxygen atoms in total. The topological polar surface area (TPSA) is 62.7 Å². The average molecular weight is 268 g/mol. The molecule has 0 fully saturated rings. The van der Waals surface area contributed by atoms with E-state index < -0.39 is 0 Å². The summed E-state index contributed by atoms with van der Waals surface area (Å²) in [6.07, 6.45) is 0. The Morgan fingerprint density at radius 2 is 1.89 bits per heavy atom. The van der Waals surface area contributed by atoms with E-state index in [0.29, 0.717) is 11.6 Å². The van der Waals surface area contributed by atoms with Gasteiger partial charge in [0.1, 0.15) is 5.82 Å². The molecule has 0 atom stereocenters. The van der Waals surface area contributed by atoms with Crippen LogP contribution in [0.2, 0.25) is 5.28 Å². The SMILES string of the molecule is CNc1nc(Cl)nc(Nc2c(C)cccc2F)n1. The van der Waals surface area contributed by atoms with E-state index in [-0.39, 0.29) is 17.0 Å². The zero-order valence-corrected chi connectivity index (χ0v) is 10.6. The first kappa shape index (κ1) is 12.5. The Hall–Kier alpha value is -1.95. The van der Waals surface area contributed by atoms with E-state index >= 15 is 0 Å². The molecule has 0 bridgehead atoms. The second-order valence-corrected chi connectivity index (χ2v) is 3.90. The summed E-state index contributed by atoms with van der Waals surface area (Å²) in [5.41, 5.74) is 1.07. The molecule has 0 aliphatic heterocycles. The van der Waals surface area contributed by atoms with E-state index in [4.69, 9.17) is 11.6 Å². The summed E-state index contributed by atoms with van der Waals surface area (Å²) < 4.78 is 13.6. The quantitative estimate of drug-likeness (QED) is 0.895. The molecular formula is C11H11ClFN5. The first-order chi connectivity index (χ1) is 8.60. The second-order valence-electron chi connectivity index (χ2n) is 3.56. The number of benzene rings is 1. The van der Waals surface area contributed by atoms with Crippen molar-refractivity contribution in [2.75, 3.05) is 17.7 Å². The van der Waals surface area contributed by atoms with Crippen LogP contribution in [-0.4, -0.2) is 22.0 Å². The molecule has 0 saturated heterocycles. The van der Waals surface area contributed by atoms with E-state index in [1.807, 2.05) is 0 Å². The van der Waals surface area contributed by atoms with Crippen molar-refractivity contribution in [2.45, 2.75) is 6.92 Å². The summed E-state index contributed by atoms with van der Waals surface area (Å²) in [5, 5.41) is 5.57. The van der Waals surface area contributed by atoms with Gasteiger partial charge in [-0.25, -0.2) is 4.39 Å². The van der Waals surface area contributed by atoms with Crippen molar-refractivity contribution in [3.8, 4) is 0 Å². The van der Waals surface area contributed by atoms with Crippen LogP contribution in [0.15, 0.2) is 18.2 Å². The van der Waals surface area contributed by atoms with Crippen molar-refractivity contribution in [1.82, 2.24) is 15.0 Å². The minimum atomic E-state index is -0.377. The highest BCUT2D eigenvalue weighted by Gasteiger charge is 2.09. The largest absolute Gasteiger partial charge is 0.357 e. The van der Waals surface area contributed by atoms with Gasteiger partial charge in [0.05, 0.1) is 5.69 Å². The van der Waals surface area contributed by atoms with Gasteiger partial charge in [-0.2, -0.15) is 15.0 Å². The number of nitrogens with zero attached hydrogens (tertiary/aromatic N) is 3. The number of rotatable bonds is 3. The van der Waals surface area contributed by atoms with Gasteiger partial charge in [0.15, 0.2) is 0 Å². The second kappa shape index (κ2) is 5.14. The molecule has 0 unspecified atom stereocenters. The molecule has 1 heterocycles. The van der Waals surface area contributed by atoms with E-state index in [2.05, 4.69) is 25.6 Å². The molecule has 1 aromatic heterocycles. The molecule has 7 heteroatoms. The Morgan fingerprint density at radius 1 is 1.17 bits per heavy atom. The molecular weight excluding hydrogens is 257 g/mol. The lowest BCUT2D eigenvalue weighted by Gasteiger charge is -2.09. The molecule has 0 aliphatic rings. The maximum absolute atomic E-state index is 13.6. The highest BCUT2D eigenvalue weighted by molar-refractivity contribution is 6.28. The summed E-state index contributed by atoms with van der Waals surface area (Å²) in [5.74, 6) is 0.122. The van der Waals surface area contributed by atoms with E-state index in [0.717, 1.165) is 5.56 Å². The van der Waals surface area contributed by atoms with Crippen molar-refractivity contribution in [3.05, 3.63) is 34.9 Å². The number of aryl methyl sites for hydroxylation is 1. The van der Waals surface area contributed by atoms with Gasteiger partial charge in [-0.15, -0.1) is 0 Å². The third kappa shape index (κ3) is 2.65. The van der Waals surface area contributed by atoms with Crippen LogP contribution in [0.1, 0.15) is 5.56 Å². The highest BCUT2D eigenvalue weighted by Crippen LogP contribution is 2.22. The predicted molar refractivity (Wildman–Crippen MR) is 68.8 cm³/mol. The fraction of sp³-hybridized carbons (Fsp3) is 0.182. The number of nitrogens with one attached hydrogen (secondary N) is 2. The molecule has 0 aliphatic carbocycles. The number of anilines is 3. The molecule has 1 aromatic carbocycles. The van der Waals surface area contributed by atoms with Gasteiger partial charge in [-0.1, -0.05) is 12.1 Å². The molecule has 94 valence electrons. The minimum Gasteiger partial charge on any atom is -0.357 e. The lowest BCUT2D eigenvalue weighted by atomic mass is 10.2.